The van der Waals surface area contributed by atoms with E-state index in [1.165, 1.54) is 19.7 Å². The van der Waals surface area contributed by atoms with Gasteiger partial charge in [-0.3, -0.25) is 4.57 Å². The van der Waals surface area contributed by atoms with Gasteiger partial charge in [-0.25, -0.2) is 19.7 Å². The van der Waals surface area contributed by atoms with Crippen molar-refractivity contribution in [3.8, 4) is 0 Å². The lowest BCUT2D eigenvalue weighted by Crippen LogP contribution is -2.42. The predicted octanol–water partition coefficient (Wildman–Crippen LogP) is -1.42. The van der Waals surface area contributed by atoms with Gasteiger partial charge in [0, 0.05) is 20.2 Å². The molecule has 28 heavy (non-hydrogen) atoms. The minimum absolute atomic E-state index is 0.0461. The predicted molar refractivity (Wildman–Crippen MR) is 96.6 cm³/mol. The van der Waals surface area contributed by atoms with Crippen LogP contribution in [0.5, 0.6) is 0 Å². The fraction of sp³-hybridized carbons (Fsp3) is 0.625. The largest absolute Gasteiger partial charge is 0.387 e. The van der Waals surface area contributed by atoms with Gasteiger partial charge in [-0.05, 0) is 6.42 Å². The number of anilines is 1. The standard InChI is InChI=1S/C16H23N7O5/c1-17-16(26)18-4-9-11(24)12(25)15(28-9)23-7-21-10-13(19-6-20-14(10)23)22-8-2-3-27-5-8/h6-9,11-12,15,24-25H,2-5H2,1H3,(H2,17,18,26)(H,19,20,22)/t8-,9-,11-,12-,15?/m1/s1. The van der Waals surface area contributed by atoms with E-state index in [-0.39, 0.29) is 12.6 Å². The molecule has 0 spiro atoms. The maximum atomic E-state index is 11.4. The molecular weight excluding hydrogens is 370 g/mol. The molecule has 2 saturated heterocycles. The van der Waals surface area contributed by atoms with Crippen LogP contribution >= 0.6 is 0 Å². The van der Waals surface area contributed by atoms with Crippen LogP contribution in [0.25, 0.3) is 11.2 Å². The molecule has 4 rings (SSSR count). The number of hydrogen-bond donors (Lipinski definition) is 5. The van der Waals surface area contributed by atoms with Crippen LogP contribution in [-0.4, -0.2) is 86.9 Å². The molecular formula is C16H23N7O5. The van der Waals surface area contributed by atoms with E-state index in [2.05, 4.69) is 30.9 Å². The van der Waals surface area contributed by atoms with E-state index in [0.717, 1.165) is 6.42 Å². The number of imidazole rings is 1. The third-order valence-corrected chi connectivity index (χ3v) is 4.93. The highest BCUT2D eigenvalue weighted by atomic mass is 16.6. The summed E-state index contributed by atoms with van der Waals surface area (Å²) in [5.74, 6) is 0.574. The van der Waals surface area contributed by atoms with Crippen LogP contribution in [-0.2, 0) is 9.47 Å². The van der Waals surface area contributed by atoms with E-state index in [0.29, 0.717) is 30.2 Å². The minimum atomic E-state index is -1.21. The van der Waals surface area contributed by atoms with E-state index in [9.17, 15) is 15.0 Å². The second-order valence-electron chi connectivity index (χ2n) is 6.76. The Morgan fingerprint density at radius 2 is 2.18 bits per heavy atom. The zero-order chi connectivity index (χ0) is 19.7. The molecule has 0 radical (unpaired) electrons. The molecule has 1 unspecified atom stereocenters. The first-order chi connectivity index (χ1) is 13.6. The first kappa shape index (κ1) is 18.8. The number of amides is 2. The summed E-state index contributed by atoms with van der Waals surface area (Å²) in [4.78, 5) is 24.2. The van der Waals surface area contributed by atoms with Crippen LogP contribution in [0.3, 0.4) is 0 Å². The van der Waals surface area contributed by atoms with Gasteiger partial charge in [0.05, 0.1) is 19.0 Å². The molecule has 0 aromatic carbocycles. The van der Waals surface area contributed by atoms with E-state index in [1.54, 1.807) is 4.57 Å². The van der Waals surface area contributed by atoms with Crippen LogP contribution in [0.4, 0.5) is 10.6 Å². The van der Waals surface area contributed by atoms with Gasteiger partial charge in [-0.1, -0.05) is 0 Å². The Morgan fingerprint density at radius 3 is 2.93 bits per heavy atom. The Balaban J connectivity index is 1.54. The molecule has 2 aromatic rings. The molecule has 2 fully saturated rings. The summed E-state index contributed by atoms with van der Waals surface area (Å²) in [7, 11) is 1.49. The third-order valence-electron chi connectivity index (χ3n) is 4.93. The number of aromatic nitrogens is 4. The van der Waals surface area contributed by atoms with Gasteiger partial charge in [-0.2, -0.15) is 0 Å². The monoisotopic (exact) mass is 393 g/mol. The van der Waals surface area contributed by atoms with Gasteiger partial charge in [0.25, 0.3) is 0 Å². The zero-order valence-corrected chi connectivity index (χ0v) is 15.3. The SMILES string of the molecule is CNC(=O)NC[C@H]1OC(n2cnc3c(N[C@@H]4CCOC4)ncnc32)[C@H](O)[C@@H]1O. The van der Waals surface area contributed by atoms with Crippen LogP contribution in [0.1, 0.15) is 12.6 Å². The summed E-state index contributed by atoms with van der Waals surface area (Å²) in [5.41, 5.74) is 0.999. The van der Waals surface area contributed by atoms with Crippen molar-refractivity contribution in [1.82, 2.24) is 30.2 Å². The maximum Gasteiger partial charge on any atom is 0.314 e. The first-order valence-corrected chi connectivity index (χ1v) is 9.07. The topological polar surface area (TPSA) is 156 Å². The molecule has 5 atom stereocenters. The maximum absolute atomic E-state index is 11.4. The Labute approximate surface area is 160 Å². The van der Waals surface area contributed by atoms with E-state index in [1.807, 2.05) is 0 Å². The first-order valence-electron chi connectivity index (χ1n) is 9.07. The minimum Gasteiger partial charge on any atom is -0.387 e. The molecule has 0 saturated carbocycles. The van der Waals surface area contributed by atoms with Gasteiger partial charge in [0.15, 0.2) is 23.2 Å². The number of aliphatic hydroxyl groups is 2. The smallest absolute Gasteiger partial charge is 0.314 e. The molecule has 2 aliphatic heterocycles. The average Bonchev–Trinajstić information content (AvgIpc) is 3.42. The molecule has 5 N–H and O–H groups in total. The van der Waals surface area contributed by atoms with E-state index in [4.69, 9.17) is 9.47 Å². The molecule has 2 aromatic heterocycles. The number of carbonyl (C=O) groups is 1. The normalized spacial score (nSPS) is 29.9. The van der Waals surface area contributed by atoms with Gasteiger partial charge in [0.1, 0.15) is 24.6 Å². The van der Waals surface area contributed by atoms with Crippen molar-refractivity contribution in [3.05, 3.63) is 12.7 Å². The quantitative estimate of drug-likeness (QED) is 0.411. The number of nitrogens with zero attached hydrogens (tertiary/aromatic N) is 4. The van der Waals surface area contributed by atoms with Crippen LogP contribution in [0.15, 0.2) is 12.7 Å². The molecule has 12 nitrogen and oxygen atoms in total. The van der Waals surface area contributed by atoms with E-state index >= 15 is 0 Å². The van der Waals surface area contributed by atoms with Crippen molar-refractivity contribution >= 4 is 23.0 Å². The van der Waals surface area contributed by atoms with Crippen molar-refractivity contribution < 1.29 is 24.5 Å². The number of hydrogen-bond acceptors (Lipinski definition) is 9. The molecule has 152 valence electrons. The molecule has 0 bridgehead atoms. The highest BCUT2D eigenvalue weighted by Gasteiger charge is 2.44. The van der Waals surface area contributed by atoms with Gasteiger partial charge in [0.2, 0.25) is 0 Å². The summed E-state index contributed by atoms with van der Waals surface area (Å²) in [5, 5.41) is 29.0. The zero-order valence-electron chi connectivity index (χ0n) is 15.3. The second kappa shape index (κ2) is 7.83. The molecule has 0 aliphatic carbocycles. The van der Waals surface area contributed by atoms with Crippen LogP contribution in [0.2, 0.25) is 0 Å². The van der Waals surface area contributed by atoms with Crippen molar-refractivity contribution in [1.29, 1.82) is 0 Å². The number of urea groups is 1. The van der Waals surface area contributed by atoms with Gasteiger partial charge < -0.3 is 35.6 Å². The average molecular weight is 393 g/mol. The van der Waals surface area contributed by atoms with Crippen molar-refractivity contribution in [2.24, 2.45) is 0 Å². The Kier molecular flexibility index (Phi) is 5.26. The van der Waals surface area contributed by atoms with Gasteiger partial charge >= 0.3 is 6.03 Å². The highest BCUT2D eigenvalue weighted by molar-refractivity contribution is 5.82. The summed E-state index contributed by atoms with van der Waals surface area (Å²) >= 11 is 0. The van der Waals surface area contributed by atoms with Crippen molar-refractivity contribution in [2.45, 2.75) is 37.0 Å². The number of rotatable bonds is 5. The third kappa shape index (κ3) is 3.46. The number of carbonyl (C=O) groups excluding carboxylic acids is 1. The lowest BCUT2D eigenvalue weighted by atomic mass is 10.1. The van der Waals surface area contributed by atoms with Crippen LogP contribution in [0, 0.1) is 0 Å². The Hall–Kier alpha value is -2.54. The van der Waals surface area contributed by atoms with Crippen molar-refractivity contribution in [3.63, 3.8) is 0 Å². The van der Waals surface area contributed by atoms with Gasteiger partial charge in [-0.15, -0.1) is 0 Å². The summed E-state index contributed by atoms with van der Waals surface area (Å²) < 4.78 is 12.7. The summed E-state index contributed by atoms with van der Waals surface area (Å²) in [6.07, 6.45) is -0.272. The number of aliphatic hydroxyl groups excluding tert-OH is 2. The fourth-order valence-corrected chi connectivity index (χ4v) is 3.39. The number of nitrogens with one attached hydrogen (secondary N) is 3. The second-order valence-corrected chi connectivity index (χ2v) is 6.76. The lowest BCUT2D eigenvalue weighted by molar-refractivity contribution is -0.0335. The molecule has 4 heterocycles. The molecule has 2 aliphatic rings. The summed E-state index contributed by atoms with van der Waals surface area (Å²) in [6, 6.07) is -0.250. The number of fused-ring (bicyclic) bond motifs is 1. The van der Waals surface area contributed by atoms with Crippen LogP contribution < -0.4 is 16.0 Å². The Morgan fingerprint density at radius 1 is 1.32 bits per heavy atom. The fourth-order valence-electron chi connectivity index (χ4n) is 3.39. The van der Waals surface area contributed by atoms with E-state index < -0.39 is 30.6 Å². The lowest BCUT2D eigenvalue weighted by Gasteiger charge is -2.17. The molecule has 2 amide bonds. The summed E-state index contributed by atoms with van der Waals surface area (Å²) in [6.45, 7) is 1.35. The highest BCUT2D eigenvalue weighted by Crippen LogP contribution is 2.32. The van der Waals surface area contributed by atoms with Crippen molar-refractivity contribution in [2.75, 3.05) is 32.1 Å². The number of ether oxygens (including phenoxy) is 2. The molecule has 12 heteroatoms. The Bertz CT molecular complexity index is 840.